The predicted molar refractivity (Wildman–Crippen MR) is 121 cm³/mol. The number of anilines is 4. The van der Waals surface area contributed by atoms with Gasteiger partial charge in [0, 0.05) is 13.6 Å². The summed E-state index contributed by atoms with van der Waals surface area (Å²) in [5.74, 6) is 1.02. The molecule has 1 aliphatic rings. The Kier molecular flexibility index (Phi) is 6.84. The van der Waals surface area contributed by atoms with Crippen LogP contribution in [0.25, 0.3) is 0 Å². The number of carboxylic acid groups (broad SMARTS) is 1. The van der Waals surface area contributed by atoms with Gasteiger partial charge >= 0.3 is 5.97 Å². The number of benzene rings is 1. The number of nitrogens with one attached hydrogen (secondary N) is 1. The van der Waals surface area contributed by atoms with Crippen LogP contribution in [0.3, 0.4) is 0 Å². The Morgan fingerprint density at radius 3 is 2.71 bits per heavy atom. The number of rotatable bonds is 8. The maximum Gasteiger partial charge on any atom is 0.335 e. The number of likely N-dealkylation sites (N-methyl/N-ethyl adjacent to an activating group) is 1. The van der Waals surface area contributed by atoms with Crippen LogP contribution in [0.4, 0.5) is 23.1 Å². The summed E-state index contributed by atoms with van der Waals surface area (Å²) < 4.78 is 5.34. The van der Waals surface area contributed by atoms with Crippen LogP contribution in [-0.4, -0.2) is 59.1 Å². The normalized spacial score (nSPS) is 18.2. The molecule has 2 heterocycles. The van der Waals surface area contributed by atoms with Crippen molar-refractivity contribution in [2.24, 2.45) is 5.92 Å². The zero-order valence-electron chi connectivity index (χ0n) is 18.7. The second kappa shape index (κ2) is 9.38. The average Bonchev–Trinajstić information content (AvgIpc) is 2.75. The highest BCUT2D eigenvalue weighted by Crippen LogP contribution is 2.37. The summed E-state index contributed by atoms with van der Waals surface area (Å²) in [6.45, 7) is 7.19. The van der Waals surface area contributed by atoms with Crippen LogP contribution in [0.2, 0.25) is 0 Å². The van der Waals surface area contributed by atoms with Crippen molar-refractivity contribution in [1.82, 2.24) is 9.97 Å². The molecular formula is C22H31N5O4. The molecular weight excluding hydrogens is 398 g/mol. The quantitative estimate of drug-likeness (QED) is 0.582. The number of aliphatic hydroxyl groups excluding tert-OH is 1. The zero-order valence-corrected chi connectivity index (χ0v) is 18.7. The molecule has 9 nitrogen and oxygen atoms in total. The van der Waals surface area contributed by atoms with E-state index in [9.17, 15) is 15.0 Å². The number of hydrogen-bond donors (Lipinski definition) is 3. The monoisotopic (exact) mass is 429 g/mol. The van der Waals surface area contributed by atoms with Gasteiger partial charge in [-0.1, -0.05) is 20.8 Å². The van der Waals surface area contributed by atoms with Crippen molar-refractivity contribution >= 4 is 29.1 Å². The number of nitrogens with zero attached hydrogens (tertiary/aromatic N) is 4. The van der Waals surface area contributed by atoms with Crippen LogP contribution in [0.5, 0.6) is 5.75 Å². The predicted octanol–water partition coefficient (Wildman–Crippen LogP) is 3.33. The van der Waals surface area contributed by atoms with Gasteiger partial charge in [-0.3, -0.25) is 0 Å². The molecule has 1 aliphatic heterocycles. The van der Waals surface area contributed by atoms with Gasteiger partial charge in [-0.2, -0.15) is 4.98 Å². The second-order valence-electron chi connectivity index (χ2n) is 8.12. The number of aromatic carboxylic acids is 1. The topological polar surface area (TPSA) is 111 Å². The van der Waals surface area contributed by atoms with E-state index >= 15 is 0 Å². The van der Waals surface area contributed by atoms with Gasteiger partial charge in [0.15, 0.2) is 5.82 Å². The summed E-state index contributed by atoms with van der Waals surface area (Å²) in [6.07, 6.45) is 2.81. The van der Waals surface area contributed by atoms with Crippen LogP contribution in [0.15, 0.2) is 24.4 Å². The SMILES string of the molecule is CC[C@@H]1C(O)N(C)c2cnc(Nc3ccc(C(=O)O)cc3OC)nc2N1CCC(C)C. The van der Waals surface area contributed by atoms with E-state index in [0.29, 0.717) is 23.3 Å². The van der Waals surface area contributed by atoms with E-state index in [4.69, 9.17) is 9.72 Å². The Labute approximate surface area is 182 Å². The van der Waals surface area contributed by atoms with Crippen molar-refractivity contribution in [2.45, 2.75) is 45.9 Å². The maximum absolute atomic E-state index is 11.2. The molecule has 2 aromatic rings. The number of hydrogen-bond acceptors (Lipinski definition) is 8. The van der Waals surface area contributed by atoms with Gasteiger partial charge in [0.1, 0.15) is 17.7 Å². The summed E-state index contributed by atoms with van der Waals surface area (Å²) >= 11 is 0. The highest BCUT2D eigenvalue weighted by molar-refractivity contribution is 5.89. The third-order valence-corrected chi connectivity index (χ3v) is 5.60. The van der Waals surface area contributed by atoms with Crippen molar-refractivity contribution in [1.29, 1.82) is 0 Å². The first-order chi connectivity index (χ1) is 14.8. The first-order valence-electron chi connectivity index (χ1n) is 10.5. The molecule has 0 saturated heterocycles. The molecule has 1 aromatic heterocycles. The van der Waals surface area contributed by atoms with E-state index in [1.165, 1.54) is 19.2 Å². The lowest BCUT2D eigenvalue weighted by Gasteiger charge is -2.45. The number of aliphatic hydroxyl groups is 1. The fourth-order valence-electron chi connectivity index (χ4n) is 3.75. The summed E-state index contributed by atoms with van der Waals surface area (Å²) in [5.41, 5.74) is 1.46. The standard InChI is InChI=1S/C22H31N5O4/c1-6-16-20(28)26(4)17-12-23-22(25-19(17)27(16)10-9-13(2)3)24-15-8-7-14(21(29)30)11-18(15)31-5/h7-8,11-13,16,20,28H,6,9-10H2,1-5H3,(H,29,30)(H,23,24,25)/t16-,20?/m1/s1. The summed E-state index contributed by atoms with van der Waals surface area (Å²) in [6, 6.07) is 4.50. The molecule has 168 valence electrons. The van der Waals surface area contributed by atoms with Crippen LogP contribution >= 0.6 is 0 Å². The number of aromatic nitrogens is 2. The zero-order chi connectivity index (χ0) is 22.7. The first kappa shape index (κ1) is 22.6. The first-order valence-corrected chi connectivity index (χ1v) is 10.5. The summed E-state index contributed by atoms with van der Waals surface area (Å²) in [7, 11) is 3.33. The Hall–Kier alpha value is -3.07. The number of fused-ring (bicyclic) bond motifs is 1. The second-order valence-corrected chi connectivity index (χ2v) is 8.12. The number of carbonyl (C=O) groups is 1. The van der Waals surface area contributed by atoms with E-state index < -0.39 is 12.2 Å². The lowest BCUT2D eigenvalue weighted by atomic mass is 10.0. The van der Waals surface area contributed by atoms with E-state index in [0.717, 1.165) is 30.9 Å². The Morgan fingerprint density at radius 1 is 1.35 bits per heavy atom. The Bertz CT molecular complexity index is 936. The van der Waals surface area contributed by atoms with Gasteiger partial charge in [-0.05, 0) is 37.0 Å². The number of methoxy groups -OCH3 is 1. The molecule has 1 aromatic carbocycles. The van der Waals surface area contributed by atoms with Crippen LogP contribution in [-0.2, 0) is 0 Å². The van der Waals surface area contributed by atoms with Gasteiger partial charge < -0.3 is 30.1 Å². The molecule has 0 amide bonds. The summed E-state index contributed by atoms with van der Waals surface area (Å²) in [5, 5.41) is 23.1. The average molecular weight is 430 g/mol. The molecule has 0 radical (unpaired) electrons. The molecule has 0 aliphatic carbocycles. The minimum Gasteiger partial charge on any atom is -0.495 e. The van der Waals surface area contributed by atoms with Crippen LogP contribution < -0.4 is 19.9 Å². The van der Waals surface area contributed by atoms with E-state index in [2.05, 4.69) is 36.0 Å². The Morgan fingerprint density at radius 2 is 2.10 bits per heavy atom. The van der Waals surface area contributed by atoms with Gasteiger partial charge in [0.25, 0.3) is 0 Å². The van der Waals surface area contributed by atoms with Crippen molar-refractivity contribution < 1.29 is 19.7 Å². The minimum absolute atomic E-state index is 0.0802. The highest BCUT2D eigenvalue weighted by Gasteiger charge is 2.37. The fourth-order valence-corrected chi connectivity index (χ4v) is 3.75. The third-order valence-electron chi connectivity index (χ3n) is 5.60. The molecule has 0 saturated carbocycles. The van der Waals surface area contributed by atoms with Crippen molar-refractivity contribution in [3.05, 3.63) is 30.0 Å². The van der Waals surface area contributed by atoms with Gasteiger partial charge in [-0.25, -0.2) is 9.78 Å². The lowest BCUT2D eigenvalue weighted by molar-refractivity contribution is 0.0696. The summed E-state index contributed by atoms with van der Waals surface area (Å²) in [4.78, 5) is 24.4. The third kappa shape index (κ3) is 4.66. The largest absolute Gasteiger partial charge is 0.495 e. The molecule has 3 rings (SSSR count). The van der Waals surface area contributed by atoms with Gasteiger partial charge in [-0.15, -0.1) is 0 Å². The van der Waals surface area contributed by atoms with Crippen molar-refractivity contribution in [3.63, 3.8) is 0 Å². The minimum atomic E-state index is -1.03. The van der Waals surface area contributed by atoms with Crippen molar-refractivity contribution in [2.75, 3.05) is 35.8 Å². The molecule has 9 heteroatoms. The molecule has 2 atom stereocenters. The maximum atomic E-state index is 11.2. The van der Waals surface area contributed by atoms with E-state index in [1.54, 1.807) is 17.2 Å². The van der Waals surface area contributed by atoms with Gasteiger partial charge in [0.05, 0.1) is 30.6 Å². The molecule has 0 spiro atoms. The smallest absolute Gasteiger partial charge is 0.335 e. The van der Waals surface area contributed by atoms with Crippen LogP contribution in [0, 0.1) is 5.92 Å². The molecule has 1 unspecified atom stereocenters. The van der Waals surface area contributed by atoms with Crippen LogP contribution in [0.1, 0.15) is 44.0 Å². The molecule has 0 bridgehead atoms. The molecule has 0 fully saturated rings. The van der Waals surface area contributed by atoms with E-state index in [1.807, 2.05) is 7.05 Å². The highest BCUT2D eigenvalue weighted by atomic mass is 16.5. The Balaban J connectivity index is 1.97. The molecule has 31 heavy (non-hydrogen) atoms. The fraction of sp³-hybridized carbons (Fsp3) is 0.500. The van der Waals surface area contributed by atoms with Crippen molar-refractivity contribution in [3.8, 4) is 5.75 Å². The number of ether oxygens (including phenoxy) is 1. The lowest BCUT2D eigenvalue weighted by Crippen LogP contribution is -2.55. The number of carboxylic acids is 1. The molecule has 3 N–H and O–H groups in total. The van der Waals surface area contributed by atoms with Gasteiger partial charge in [0.2, 0.25) is 5.95 Å². The van der Waals surface area contributed by atoms with E-state index in [-0.39, 0.29) is 11.6 Å².